The Labute approximate surface area is 146 Å². The normalized spacial score (nSPS) is 14.0. The van der Waals surface area contributed by atoms with Gasteiger partial charge in [0.2, 0.25) is 5.88 Å². The molecule has 1 aromatic heterocycles. The maximum Gasteiger partial charge on any atom is 0.335 e. The Kier molecular flexibility index (Phi) is 3.62. The van der Waals surface area contributed by atoms with E-state index in [9.17, 15) is 19.1 Å². The quantitative estimate of drug-likeness (QED) is 0.745. The van der Waals surface area contributed by atoms with Crippen LogP contribution in [0.5, 0.6) is 5.88 Å². The monoisotopic (exact) mass is 349 g/mol. The molecule has 4 rings (SSSR count). The van der Waals surface area contributed by atoms with Crippen molar-refractivity contribution in [1.29, 1.82) is 0 Å². The number of rotatable bonds is 2. The maximum atomic E-state index is 13.5. The first-order valence-electron chi connectivity index (χ1n) is 7.74. The van der Waals surface area contributed by atoms with E-state index in [0.29, 0.717) is 5.57 Å². The van der Waals surface area contributed by atoms with Crippen LogP contribution in [0.2, 0.25) is 0 Å². The lowest BCUT2D eigenvalue weighted by molar-refractivity contribution is 0.429. The minimum Gasteiger partial charge on any atom is -0.494 e. The summed E-state index contributed by atoms with van der Waals surface area (Å²) in [6, 6.07) is 12.5. The highest BCUT2D eigenvalue weighted by Crippen LogP contribution is 2.32. The van der Waals surface area contributed by atoms with E-state index in [1.54, 1.807) is 6.21 Å². The van der Waals surface area contributed by atoms with Gasteiger partial charge in [0.1, 0.15) is 11.4 Å². The molecule has 0 radical (unpaired) electrons. The van der Waals surface area contributed by atoms with Crippen LogP contribution in [0, 0.1) is 5.82 Å². The fraction of sp³-hybridized carbons (Fsp3) is 0. The molecule has 26 heavy (non-hydrogen) atoms. The zero-order chi connectivity index (χ0) is 18.3. The Hall–Kier alpha value is -3.74. The van der Waals surface area contributed by atoms with Crippen LogP contribution in [0.25, 0.3) is 17.3 Å². The maximum absolute atomic E-state index is 13.5. The zero-order valence-electron chi connectivity index (χ0n) is 13.3. The number of nitrogens with one attached hydrogen (secondary N) is 1. The molecule has 0 unspecified atom stereocenters. The van der Waals surface area contributed by atoms with Crippen LogP contribution in [0.3, 0.4) is 0 Å². The van der Waals surface area contributed by atoms with Crippen LogP contribution < -0.4 is 11.2 Å². The molecule has 3 aromatic rings. The van der Waals surface area contributed by atoms with Crippen molar-refractivity contribution >= 4 is 23.6 Å². The van der Waals surface area contributed by atoms with Crippen molar-refractivity contribution in [2.24, 2.45) is 4.99 Å². The molecular formula is C19H12FN3O3. The van der Waals surface area contributed by atoms with E-state index in [1.807, 2.05) is 24.3 Å². The molecular weight excluding hydrogens is 337 g/mol. The highest BCUT2D eigenvalue weighted by molar-refractivity contribution is 6.21. The topological polar surface area (TPSA) is 87.5 Å². The number of aromatic hydroxyl groups is 1. The van der Waals surface area contributed by atoms with Gasteiger partial charge in [0.05, 0.1) is 11.4 Å². The number of fused-ring (bicyclic) bond motifs is 1. The summed E-state index contributed by atoms with van der Waals surface area (Å²) in [5, 5.41) is 10.5. The number of aromatic amines is 1. The molecule has 2 aromatic carbocycles. The summed E-state index contributed by atoms with van der Waals surface area (Å²) < 4.78 is 14.3. The molecule has 0 aliphatic carbocycles. The predicted octanol–water partition coefficient (Wildman–Crippen LogP) is 2.63. The standard InChI is InChI=1S/C19H12FN3O3/c20-12-4-3-5-13(9-12)23-18(25)15(17(24)22-19(23)26)8-11-10-21-16-7-2-1-6-14(11)16/h1-10,25H,(H,22,24,26)/b11-8+. The van der Waals surface area contributed by atoms with Gasteiger partial charge in [-0.25, -0.2) is 13.8 Å². The van der Waals surface area contributed by atoms with E-state index in [0.717, 1.165) is 21.9 Å². The highest BCUT2D eigenvalue weighted by Gasteiger charge is 2.17. The van der Waals surface area contributed by atoms with Gasteiger partial charge in [-0.15, -0.1) is 0 Å². The summed E-state index contributed by atoms with van der Waals surface area (Å²) in [6.45, 7) is 0. The lowest BCUT2D eigenvalue weighted by Gasteiger charge is -2.10. The minimum absolute atomic E-state index is 0.101. The number of aliphatic imine (C=N–C) groups is 1. The first kappa shape index (κ1) is 15.8. The second-order valence-corrected chi connectivity index (χ2v) is 5.69. The van der Waals surface area contributed by atoms with Crippen LogP contribution in [-0.4, -0.2) is 20.9 Å². The summed E-state index contributed by atoms with van der Waals surface area (Å²) in [7, 11) is 0. The zero-order valence-corrected chi connectivity index (χ0v) is 13.3. The van der Waals surface area contributed by atoms with Crippen molar-refractivity contribution in [2.75, 3.05) is 0 Å². The number of para-hydroxylation sites is 1. The van der Waals surface area contributed by atoms with Crippen molar-refractivity contribution in [1.82, 2.24) is 9.55 Å². The molecule has 2 N–H and O–H groups in total. The molecule has 7 heteroatoms. The molecule has 2 heterocycles. The number of nitrogens with zero attached hydrogens (tertiary/aromatic N) is 2. The summed E-state index contributed by atoms with van der Waals surface area (Å²) in [4.78, 5) is 30.7. The second kappa shape index (κ2) is 5.96. The first-order chi connectivity index (χ1) is 12.5. The molecule has 0 bridgehead atoms. The molecule has 1 aliphatic rings. The van der Waals surface area contributed by atoms with Crippen molar-refractivity contribution in [3.63, 3.8) is 0 Å². The lowest BCUT2D eigenvalue weighted by atomic mass is 10.1. The lowest BCUT2D eigenvalue weighted by Crippen LogP contribution is -2.30. The van der Waals surface area contributed by atoms with E-state index in [2.05, 4.69) is 9.98 Å². The van der Waals surface area contributed by atoms with E-state index in [1.165, 1.54) is 24.3 Å². The fourth-order valence-electron chi connectivity index (χ4n) is 2.83. The smallest absolute Gasteiger partial charge is 0.335 e. The molecule has 0 fully saturated rings. The van der Waals surface area contributed by atoms with Gasteiger partial charge in [-0.05, 0) is 30.3 Å². The molecule has 0 amide bonds. The third kappa shape index (κ3) is 2.55. The molecule has 0 spiro atoms. The predicted molar refractivity (Wildman–Crippen MR) is 96.7 cm³/mol. The number of hydrogen-bond acceptors (Lipinski definition) is 4. The van der Waals surface area contributed by atoms with E-state index in [-0.39, 0.29) is 11.3 Å². The summed E-state index contributed by atoms with van der Waals surface area (Å²) >= 11 is 0. The molecule has 1 aliphatic heterocycles. The average Bonchev–Trinajstić information content (AvgIpc) is 3.01. The van der Waals surface area contributed by atoms with Crippen molar-refractivity contribution in [3.05, 3.63) is 86.3 Å². The Morgan fingerprint density at radius 1 is 1.12 bits per heavy atom. The van der Waals surface area contributed by atoms with E-state index in [4.69, 9.17) is 0 Å². The summed E-state index contributed by atoms with van der Waals surface area (Å²) in [5.74, 6) is -1.15. The molecule has 0 saturated carbocycles. The highest BCUT2D eigenvalue weighted by atomic mass is 19.1. The van der Waals surface area contributed by atoms with Gasteiger partial charge in [0, 0.05) is 17.4 Å². The first-order valence-corrected chi connectivity index (χ1v) is 7.74. The number of H-pyrrole nitrogens is 1. The molecule has 0 atom stereocenters. The number of hydrogen-bond donors (Lipinski definition) is 2. The van der Waals surface area contributed by atoms with Crippen LogP contribution in [0.15, 0.2) is 63.1 Å². The number of halogens is 1. The van der Waals surface area contributed by atoms with E-state index >= 15 is 0 Å². The van der Waals surface area contributed by atoms with Crippen molar-refractivity contribution in [3.8, 4) is 11.6 Å². The van der Waals surface area contributed by atoms with Crippen LogP contribution in [0.1, 0.15) is 11.1 Å². The van der Waals surface area contributed by atoms with Gasteiger partial charge >= 0.3 is 5.69 Å². The Balaban J connectivity index is 1.93. The largest absolute Gasteiger partial charge is 0.494 e. The number of allylic oxidation sites excluding steroid dienone is 1. The third-order valence-electron chi connectivity index (χ3n) is 4.04. The third-order valence-corrected chi connectivity index (χ3v) is 4.04. The van der Waals surface area contributed by atoms with E-state index < -0.39 is 22.9 Å². The SMILES string of the molecule is O=c1[nH]c(=O)n(-c2cccc(F)c2)c(O)c1/C=C1\C=Nc2ccccc21. The number of benzene rings is 2. The Morgan fingerprint density at radius 2 is 1.92 bits per heavy atom. The van der Waals surface area contributed by atoms with Gasteiger partial charge in [0.25, 0.3) is 5.56 Å². The van der Waals surface area contributed by atoms with Crippen molar-refractivity contribution < 1.29 is 9.50 Å². The van der Waals surface area contributed by atoms with Crippen LogP contribution >= 0.6 is 0 Å². The van der Waals surface area contributed by atoms with Gasteiger partial charge in [0.15, 0.2) is 0 Å². The number of aromatic nitrogens is 2. The minimum atomic E-state index is -0.860. The van der Waals surface area contributed by atoms with Gasteiger partial charge in [-0.1, -0.05) is 24.3 Å². The fourth-order valence-corrected chi connectivity index (χ4v) is 2.83. The molecule has 128 valence electrons. The average molecular weight is 349 g/mol. The Morgan fingerprint density at radius 3 is 2.73 bits per heavy atom. The van der Waals surface area contributed by atoms with Gasteiger partial charge in [-0.2, -0.15) is 0 Å². The summed E-state index contributed by atoms with van der Waals surface area (Å²) in [5.41, 5.74) is 0.538. The van der Waals surface area contributed by atoms with Crippen LogP contribution in [-0.2, 0) is 0 Å². The van der Waals surface area contributed by atoms with Crippen LogP contribution in [0.4, 0.5) is 10.1 Å². The van der Waals surface area contributed by atoms with Gasteiger partial charge in [-0.3, -0.25) is 14.8 Å². The Bertz CT molecular complexity index is 1210. The molecule has 6 nitrogen and oxygen atoms in total. The van der Waals surface area contributed by atoms with Crippen molar-refractivity contribution in [2.45, 2.75) is 0 Å². The molecule has 0 saturated heterocycles. The van der Waals surface area contributed by atoms with Gasteiger partial charge < -0.3 is 5.11 Å². The second-order valence-electron chi connectivity index (χ2n) is 5.69. The summed E-state index contributed by atoms with van der Waals surface area (Å²) in [6.07, 6.45) is 3.01.